The number of ether oxygens (including phenoxy) is 1. The smallest absolute Gasteiger partial charge is 0.280 e. The molecule has 6 heteroatoms. The molecule has 0 radical (unpaired) electrons. The molecule has 1 heterocycles. The number of furan rings is 1. The van der Waals surface area contributed by atoms with E-state index in [1.165, 1.54) is 6.21 Å². The molecule has 120 valence electrons. The van der Waals surface area contributed by atoms with Crippen molar-refractivity contribution in [3.8, 4) is 5.75 Å². The number of hydrazone groups is 1. The lowest BCUT2D eigenvalue weighted by Gasteiger charge is -2.12. The summed E-state index contributed by atoms with van der Waals surface area (Å²) in [6.07, 6.45) is 4.26. The van der Waals surface area contributed by atoms with Gasteiger partial charge in [-0.05, 0) is 61.9 Å². The minimum absolute atomic E-state index is 0.345. The number of nitrogens with zero attached hydrogens (tertiary/aromatic N) is 1. The fourth-order valence-electron chi connectivity index (χ4n) is 1.69. The Morgan fingerprint density at radius 3 is 2.74 bits per heavy atom. The van der Waals surface area contributed by atoms with Crippen molar-refractivity contribution in [3.05, 3.63) is 59.0 Å². The predicted molar refractivity (Wildman–Crippen MR) is 90.5 cm³/mol. The van der Waals surface area contributed by atoms with Crippen molar-refractivity contribution in [1.82, 2.24) is 5.43 Å². The molecule has 0 unspecified atom stereocenters. The highest BCUT2D eigenvalue weighted by Crippen LogP contribution is 2.16. The summed E-state index contributed by atoms with van der Waals surface area (Å²) in [5.74, 6) is 0.941. The third kappa shape index (κ3) is 5.64. The summed E-state index contributed by atoms with van der Waals surface area (Å²) in [5.41, 5.74) is 3.27. The normalized spacial score (nSPS) is 13.1. The van der Waals surface area contributed by atoms with Gasteiger partial charge < -0.3 is 9.15 Å². The number of halogens is 1. The first-order valence-electron chi connectivity index (χ1n) is 7.01. The second-order valence-electron chi connectivity index (χ2n) is 4.85. The van der Waals surface area contributed by atoms with E-state index >= 15 is 0 Å². The Bertz CT molecular complexity index is 691. The van der Waals surface area contributed by atoms with Crippen LogP contribution in [0.1, 0.15) is 19.6 Å². The Kier molecular flexibility index (Phi) is 6.00. The van der Waals surface area contributed by atoms with Gasteiger partial charge in [-0.15, -0.1) is 0 Å². The van der Waals surface area contributed by atoms with E-state index in [1.807, 2.05) is 19.1 Å². The van der Waals surface area contributed by atoms with Crippen LogP contribution in [0.15, 0.2) is 57.8 Å². The van der Waals surface area contributed by atoms with Crippen molar-refractivity contribution in [3.63, 3.8) is 0 Å². The fourth-order valence-corrected chi connectivity index (χ4v) is 1.82. The van der Waals surface area contributed by atoms with Gasteiger partial charge in [-0.2, -0.15) is 5.10 Å². The first kappa shape index (κ1) is 16.8. The lowest BCUT2D eigenvalue weighted by Crippen LogP contribution is -2.33. The second-order valence-corrected chi connectivity index (χ2v) is 5.29. The van der Waals surface area contributed by atoms with Gasteiger partial charge >= 0.3 is 0 Å². The number of carbonyl (C=O) groups is 1. The van der Waals surface area contributed by atoms with Crippen molar-refractivity contribution < 1.29 is 13.9 Å². The van der Waals surface area contributed by atoms with Crippen LogP contribution < -0.4 is 10.2 Å². The molecule has 2 aromatic rings. The van der Waals surface area contributed by atoms with Crippen molar-refractivity contribution in [2.45, 2.75) is 20.0 Å². The number of allylic oxidation sites excluding steroid dienone is 1. The molecule has 2 rings (SSSR count). The zero-order chi connectivity index (χ0) is 16.7. The van der Waals surface area contributed by atoms with Gasteiger partial charge in [-0.25, -0.2) is 5.43 Å². The highest BCUT2D eigenvalue weighted by atomic mass is 35.5. The molecule has 0 saturated heterocycles. The van der Waals surface area contributed by atoms with Crippen LogP contribution in [0.2, 0.25) is 5.02 Å². The molecular formula is C17H17ClN2O3. The summed E-state index contributed by atoms with van der Waals surface area (Å²) in [6, 6.07) is 10.4. The van der Waals surface area contributed by atoms with Crippen molar-refractivity contribution >= 4 is 29.8 Å². The zero-order valence-corrected chi connectivity index (χ0v) is 13.6. The van der Waals surface area contributed by atoms with Crippen LogP contribution in [0.4, 0.5) is 0 Å². The van der Waals surface area contributed by atoms with Crippen LogP contribution in [0.5, 0.6) is 5.75 Å². The lowest BCUT2D eigenvalue weighted by atomic mass is 10.3. The summed E-state index contributed by atoms with van der Waals surface area (Å²) < 4.78 is 10.7. The fraction of sp³-hybridized carbons (Fsp3) is 0.176. The van der Waals surface area contributed by atoms with Gasteiger partial charge in [0.05, 0.1) is 12.5 Å². The molecule has 0 saturated carbocycles. The van der Waals surface area contributed by atoms with E-state index < -0.39 is 6.10 Å². The number of carbonyl (C=O) groups excluding carboxylic acids is 1. The second kappa shape index (κ2) is 8.19. The first-order chi connectivity index (χ1) is 11.0. The molecule has 0 spiro atoms. The monoisotopic (exact) mass is 332 g/mol. The molecule has 0 aliphatic carbocycles. The Balaban J connectivity index is 1.83. The van der Waals surface area contributed by atoms with Gasteiger partial charge in [0.15, 0.2) is 6.10 Å². The van der Waals surface area contributed by atoms with Crippen molar-refractivity contribution in [2.24, 2.45) is 5.10 Å². The largest absolute Gasteiger partial charge is 0.481 e. The molecule has 0 bridgehead atoms. The maximum atomic E-state index is 11.9. The maximum absolute atomic E-state index is 11.9. The van der Waals surface area contributed by atoms with Gasteiger partial charge in [-0.1, -0.05) is 11.6 Å². The highest BCUT2D eigenvalue weighted by Gasteiger charge is 2.13. The molecule has 23 heavy (non-hydrogen) atoms. The Morgan fingerprint density at radius 1 is 1.35 bits per heavy atom. The van der Waals surface area contributed by atoms with Gasteiger partial charge in [0, 0.05) is 5.02 Å². The minimum atomic E-state index is -0.678. The number of hydrogen-bond donors (Lipinski definition) is 1. The molecule has 0 aliphatic heterocycles. The molecule has 1 aromatic heterocycles. The Hall–Kier alpha value is -2.53. The standard InChI is InChI=1S/C17H17ClN2O3/c1-12(10-16-4-3-9-22-16)11-19-20-17(21)13(2)23-15-7-5-14(18)6-8-15/h3-11,13H,1-2H3,(H,20,21)/b12-10+,19-11-/t13-/m1/s1. The average molecular weight is 333 g/mol. The van der Waals surface area contributed by atoms with Crippen LogP contribution in [0.3, 0.4) is 0 Å². The summed E-state index contributed by atoms with van der Waals surface area (Å²) >= 11 is 5.79. The van der Waals surface area contributed by atoms with E-state index in [0.29, 0.717) is 10.8 Å². The Morgan fingerprint density at radius 2 is 2.09 bits per heavy atom. The maximum Gasteiger partial charge on any atom is 0.280 e. The van der Waals surface area contributed by atoms with Gasteiger partial charge in [-0.3, -0.25) is 4.79 Å². The third-order valence-corrected chi connectivity index (χ3v) is 3.10. The van der Waals surface area contributed by atoms with E-state index in [1.54, 1.807) is 43.5 Å². The van der Waals surface area contributed by atoms with E-state index in [2.05, 4.69) is 10.5 Å². The van der Waals surface area contributed by atoms with E-state index in [0.717, 1.165) is 11.3 Å². The topological polar surface area (TPSA) is 63.8 Å². The first-order valence-corrected chi connectivity index (χ1v) is 7.39. The average Bonchev–Trinajstić information content (AvgIpc) is 3.02. The zero-order valence-electron chi connectivity index (χ0n) is 12.8. The summed E-state index contributed by atoms with van der Waals surface area (Å²) in [5, 5.41) is 4.50. The molecule has 1 N–H and O–H groups in total. The van der Waals surface area contributed by atoms with E-state index in [9.17, 15) is 4.79 Å². The lowest BCUT2D eigenvalue weighted by molar-refractivity contribution is -0.127. The highest BCUT2D eigenvalue weighted by molar-refractivity contribution is 6.30. The number of amides is 1. The van der Waals surface area contributed by atoms with Crippen LogP contribution in [0.25, 0.3) is 6.08 Å². The van der Waals surface area contributed by atoms with Crippen LogP contribution >= 0.6 is 11.6 Å². The van der Waals surface area contributed by atoms with Gasteiger partial charge in [0.2, 0.25) is 0 Å². The van der Waals surface area contributed by atoms with Gasteiger partial charge in [0.1, 0.15) is 11.5 Å². The van der Waals surface area contributed by atoms with Crippen molar-refractivity contribution in [2.75, 3.05) is 0 Å². The SMILES string of the molecule is CC(/C=N\NC(=O)[C@@H](C)Oc1ccc(Cl)cc1)=C\c1ccco1. The number of nitrogens with one attached hydrogen (secondary N) is 1. The number of rotatable bonds is 6. The molecular weight excluding hydrogens is 316 g/mol. The van der Waals surface area contributed by atoms with Crippen LogP contribution in [-0.4, -0.2) is 18.2 Å². The predicted octanol–water partition coefficient (Wildman–Crippen LogP) is 3.91. The molecule has 1 atom stereocenters. The molecule has 0 aliphatic rings. The van der Waals surface area contributed by atoms with Gasteiger partial charge in [0.25, 0.3) is 5.91 Å². The third-order valence-electron chi connectivity index (χ3n) is 2.85. The summed E-state index contributed by atoms with van der Waals surface area (Å²) in [6.45, 7) is 3.50. The molecule has 1 aromatic carbocycles. The Labute approximate surface area is 139 Å². The number of benzene rings is 1. The summed E-state index contributed by atoms with van der Waals surface area (Å²) in [4.78, 5) is 11.9. The summed E-state index contributed by atoms with van der Waals surface area (Å²) in [7, 11) is 0. The molecule has 1 amide bonds. The van der Waals surface area contributed by atoms with Crippen LogP contribution in [0, 0.1) is 0 Å². The number of hydrogen-bond acceptors (Lipinski definition) is 4. The van der Waals surface area contributed by atoms with E-state index in [4.69, 9.17) is 20.8 Å². The molecule has 5 nitrogen and oxygen atoms in total. The van der Waals surface area contributed by atoms with E-state index in [-0.39, 0.29) is 5.91 Å². The van der Waals surface area contributed by atoms with Crippen molar-refractivity contribution in [1.29, 1.82) is 0 Å². The molecule has 0 fully saturated rings. The van der Waals surface area contributed by atoms with Crippen LogP contribution in [-0.2, 0) is 4.79 Å². The quantitative estimate of drug-likeness (QED) is 0.644. The minimum Gasteiger partial charge on any atom is -0.481 e.